The van der Waals surface area contributed by atoms with Crippen molar-refractivity contribution in [1.82, 2.24) is 0 Å². The van der Waals surface area contributed by atoms with Crippen molar-refractivity contribution in [3.63, 3.8) is 0 Å². The van der Waals surface area contributed by atoms with Gasteiger partial charge < -0.3 is 0 Å². The first kappa shape index (κ1) is 10.8. The highest BCUT2D eigenvalue weighted by Gasteiger charge is 2.70. The quantitative estimate of drug-likeness (QED) is 0.659. The molecule has 0 N–H and O–H groups in total. The van der Waals surface area contributed by atoms with E-state index >= 15 is 0 Å². The van der Waals surface area contributed by atoms with Crippen LogP contribution in [0.15, 0.2) is 0 Å². The smallest absolute Gasteiger partial charge is 0.142 e. The fourth-order valence-corrected chi connectivity index (χ4v) is 5.34. The van der Waals surface area contributed by atoms with Gasteiger partial charge in [0.25, 0.3) is 0 Å². The molecule has 3 aliphatic carbocycles. The van der Waals surface area contributed by atoms with Crippen LogP contribution >= 0.6 is 0 Å². The van der Waals surface area contributed by atoms with Crippen LogP contribution in [-0.2, 0) is 4.79 Å². The van der Waals surface area contributed by atoms with Gasteiger partial charge in [-0.15, -0.1) is 0 Å². The van der Waals surface area contributed by atoms with E-state index in [9.17, 15) is 4.79 Å². The van der Waals surface area contributed by atoms with Crippen LogP contribution in [0.25, 0.3) is 0 Å². The molecule has 4 bridgehead atoms. The van der Waals surface area contributed by atoms with Gasteiger partial charge in [-0.25, -0.2) is 0 Å². The number of hydrogen-bond donors (Lipinski definition) is 0. The van der Waals surface area contributed by atoms with Gasteiger partial charge in [0.1, 0.15) is 5.78 Å². The Labute approximate surface area is 99.0 Å². The minimum Gasteiger partial charge on any atom is -0.299 e. The highest BCUT2D eigenvalue weighted by Crippen LogP contribution is 2.72. The topological polar surface area (TPSA) is 17.1 Å². The first-order valence-corrected chi connectivity index (χ1v) is 6.96. The largest absolute Gasteiger partial charge is 0.299 e. The lowest BCUT2D eigenvalue weighted by atomic mass is 9.61. The molecule has 0 aromatic carbocycles. The Bertz CT molecular complexity index is 345. The molecule has 16 heavy (non-hydrogen) atoms. The van der Waals surface area contributed by atoms with Crippen molar-refractivity contribution in [2.75, 3.05) is 0 Å². The number of carbonyl (C=O) groups excluding carboxylic acids is 1. The summed E-state index contributed by atoms with van der Waals surface area (Å²) >= 11 is 0. The van der Waals surface area contributed by atoms with Gasteiger partial charge in [-0.3, -0.25) is 4.79 Å². The van der Waals surface area contributed by atoms with Crippen molar-refractivity contribution in [3.8, 4) is 0 Å². The van der Waals surface area contributed by atoms with Crippen LogP contribution in [0, 0.1) is 34.5 Å². The Morgan fingerprint density at radius 3 is 2.50 bits per heavy atom. The van der Waals surface area contributed by atoms with E-state index < -0.39 is 0 Å². The average Bonchev–Trinajstić information content (AvgIpc) is 2.53. The molecule has 0 heterocycles. The summed E-state index contributed by atoms with van der Waals surface area (Å²) < 4.78 is 0. The highest BCUT2D eigenvalue weighted by atomic mass is 16.1. The Kier molecular flexibility index (Phi) is 1.97. The van der Waals surface area contributed by atoms with Crippen LogP contribution in [0.4, 0.5) is 0 Å². The zero-order chi connectivity index (χ0) is 11.7. The van der Waals surface area contributed by atoms with Crippen molar-refractivity contribution in [2.24, 2.45) is 34.5 Å². The van der Waals surface area contributed by atoms with E-state index in [1.165, 1.54) is 19.3 Å². The highest BCUT2D eigenvalue weighted by molar-refractivity contribution is 5.92. The molecule has 90 valence electrons. The molecule has 0 aliphatic heterocycles. The molecule has 0 aromatic rings. The standard InChI is InChI=1S/C15H24O/c1-9(2)10-5-7-14(3)11-6-8-15(14,4)13(16)12(10)11/h9-12H,5-8H2,1-4H3. The monoisotopic (exact) mass is 220 g/mol. The van der Waals surface area contributed by atoms with Gasteiger partial charge in [-0.1, -0.05) is 27.7 Å². The summed E-state index contributed by atoms with van der Waals surface area (Å²) in [5.74, 6) is 3.11. The zero-order valence-electron chi connectivity index (χ0n) is 11.0. The average molecular weight is 220 g/mol. The maximum Gasteiger partial charge on any atom is 0.142 e. The molecule has 3 saturated carbocycles. The lowest BCUT2D eigenvalue weighted by molar-refractivity contribution is -0.132. The second-order valence-corrected chi connectivity index (χ2v) is 7.23. The normalized spacial score (nSPS) is 55.1. The van der Waals surface area contributed by atoms with Gasteiger partial charge >= 0.3 is 0 Å². The fraction of sp³-hybridized carbons (Fsp3) is 0.933. The van der Waals surface area contributed by atoms with Gasteiger partial charge in [0.05, 0.1) is 0 Å². The minimum absolute atomic E-state index is 0.0337. The zero-order valence-corrected chi connectivity index (χ0v) is 11.0. The van der Waals surface area contributed by atoms with Crippen LogP contribution in [0.1, 0.15) is 53.4 Å². The van der Waals surface area contributed by atoms with E-state index in [0.29, 0.717) is 34.9 Å². The summed E-state index contributed by atoms with van der Waals surface area (Å²) in [4.78, 5) is 12.7. The molecule has 0 amide bonds. The number of carbonyl (C=O) groups is 1. The third-order valence-electron chi connectivity index (χ3n) is 6.63. The molecule has 1 nitrogen and oxygen atoms in total. The van der Waals surface area contributed by atoms with Gasteiger partial charge in [-0.05, 0) is 48.9 Å². The summed E-state index contributed by atoms with van der Waals surface area (Å²) in [7, 11) is 0. The second-order valence-electron chi connectivity index (χ2n) is 7.23. The molecule has 3 aliphatic rings. The number of rotatable bonds is 1. The van der Waals surface area contributed by atoms with Gasteiger partial charge in [0.2, 0.25) is 0 Å². The summed E-state index contributed by atoms with van der Waals surface area (Å²) in [5, 5.41) is 0. The van der Waals surface area contributed by atoms with Crippen molar-refractivity contribution in [1.29, 1.82) is 0 Å². The minimum atomic E-state index is 0.0337. The maximum atomic E-state index is 12.7. The van der Waals surface area contributed by atoms with Crippen molar-refractivity contribution >= 4 is 5.78 Å². The summed E-state index contributed by atoms with van der Waals surface area (Å²) in [6.45, 7) is 9.26. The maximum absolute atomic E-state index is 12.7. The summed E-state index contributed by atoms with van der Waals surface area (Å²) in [6.07, 6.45) is 5.05. The van der Waals surface area contributed by atoms with Crippen molar-refractivity contribution in [2.45, 2.75) is 53.4 Å². The van der Waals surface area contributed by atoms with Gasteiger partial charge in [-0.2, -0.15) is 0 Å². The fourth-order valence-electron chi connectivity index (χ4n) is 5.34. The van der Waals surface area contributed by atoms with E-state index in [1.807, 2.05) is 0 Å². The molecule has 1 heteroatoms. The first-order chi connectivity index (χ1) is 7.42. The number of hydrogen-bond acceptors (Lipinski definition) is 1. The second kappa shape index (κ2) is 2.91. The Balaban J connectivity index is 2.06. The lowest BCUT2D eigenvalue weighted by Crippen LogP contribution is -2.36. The first-order valence-electron chi connectivity index (χ1n) is 6.96. The third-order valence-corrected chi connectivity index (χ3v) is 6.63. The van der Waals surface area contributed by atoms with Crippen molar-refractivity contribution < 1.29 is 4.79 Å². The van der Waals surface area contributed by atoms with E-state index in [2.05, 4.69) is 27.7 Å². The number of ketones is 1. The molecular weight excluding hydrogens is 196 g/mol. The van der Waals surface area contributed by atoms with Crippen LogP contribution in [-0.4, -0.2) is 5.78 Å². The van der Waals surface area contributed by atoms with Crippen LogP contribution in [0.2, 0.25) is 0 Å². The van der Waals surface area contributed by atoms with E-state index in [1.54, 1.807) is 0 Å². The van der Waals surface area contributed by atoms with E-state index in [-0.39, 0.29) is 5.41 Å². The van der Waals surface area contributed by atoms with Crippen LogP contribution in [0.5, 0.6) is 0 Å². The van der Waals surface area contributed by atoms with E-state index in [4.69, 9.17) is 0 Å². The Morgan fingerprint density at radius 1 is 1.19 bits per heavy atom. The molecule has 5 atom stereocenters. The van der Waals surface area contributed by atoms with E-state index in [0.717, 1.165) is 6.42 Å². The summed E-state index contributed by atoms with van der Waals surface area (Å²) in [6, 6.07) is 0. The van der Waals surface area contributed by atoms with Gasteiger partial charge in [0, 0.05) is 11.3 Å². The molecule has 3 fully saturated rings. The third kappa shape index (κ3) is 0.926. The molecule has 0 spiro atoms. The van der Waals surface area contributed by atoms with Crippen molar-refractivity contribution in [3.05, 3.63) is 0 Å². The molecule has 0 radical (unpaired) electrons. The number of Topliss-reactive ketones (excluding diaryl/α,β-unsaturated/α-hetero) is 1. The van der Waals surface area contributed by atoms with Gasteiger partial charge in [0.15, 0.2) is 0 Å². The molecule has 3 rings (SSSR count). The predicted molar refractivity (Wildman–Crippen MR) is 65.0 cm³/mol. The molecule has 0 aromatic heterocycles. The Morgan fingerprint density at radius 2 is 1.88 bits per heavy atom. The van der Waals surface area contributed by atoms with Crippen LogP contribution in [0.3, 0.4) is 0 Å². The Hall–Kier alpha value is -0.330. The summed E-state index contributed by atoms with van der Waals surface area (Å²) in [5.41, 5.74) is 0.381. The predicted octanol–water partition coefficient (Wildman–Crippen LogP) is 3.67. The SMILES string of the molecule is CC(C)C1CCC2(C)C3CCC2(C)C(=O)C13. The van der Waals surface area contributed by atoms with Crippen LogP contribution < -0.4 is 0 Å². The lowest BCUT2D eigenvalue weighted by Gasteiger charge is -2.42. The molecule has 0 saturated heterocycles. The molecule has 5 unspecified atom stereocenters. The molecular formula is C15H24O.